The van der Waals surface area contributed by atoms with Crippen LogP contribution in [0.15, 0.2) is 4.99 Å². The fraction of sp³-hybridized carbons (Fsp3) is 0.600. The van der Waals surface area contributed by atoms with Crippen LogP contribution in [0.5, 0.6) is 0 Å². The molecule has 0 radical (unpaired) electrons. The number of aliphatic imine (C=N–C) groups is 1. The molecule has 5 heteroatoms. The van der Waals surface area contributed by atoms with E-state index in [1.807, 2.05) is 0 Å². The van der Waals surface area contributed by atoms with Crippen molar-refractivity contribution in [3.05, 3.63) is 5.21 Å². The Labute approximate surface area is 57.9 Å². The number of rotatable bonds is 1. The molecule has 0 unspecified atom stereocenters. The van der Waals surface area contributed by atoms with E-state index in [1.54, 1.807) is 0 Å². The maximum absolute atomic E-state index is 10.7. The molecular formula is C5H7N2O3-. The number of methoxy groups -OCH3 is 1. The zero-order valence-electron chi connectivity index (χ0n) is 5.53. The predicted molar refractivity (Wildman–Crippen MR) is 34.4 cm³/mol. The zero-order chi connectivity index (χ0) is 7.56. The molecule has 0 saturated heterocycles. The van der Waals surface area contributed by atoms with Crippen molar-refractivity contribution >= 4 is 11.8 Å². The highest BCUT2D eigenvalue weighted by molar-refractivity contribution is 6.35. The topological polar surface area (TPSA) is 65.0 Å². The first kappa shape index (κ1) is 7.01. The zero-order valence-corrected chi connectivity index (χ0v) is 5.53. The van der Waals surface area contributed by atoms with E-state index in [4.69, 9.17) is 0 Å². The number of carbonyl (C=O) groups is 1. The van der Waals surface area contributed by atoms with E-state index in [9.17, 15) is 10.0 Å². The molecule has 0 N–H and O–H groups in total. The van der Waals surface area contributed by atoms with Crippen molar-refractivity contribution in [2.75, 3.05) is 20.2 Å². The molecule has 1 aliphatic rings. The molecule has 0 aromatic heterocycles. The van der Waals surface area contributed by atoms with Crippen LogP contribution >= 0.6 is 0 Å². The minimum atomic E-state index is -0.660. The van der Waals surface area contributed by atoms with Crippen LogP contribution in [-0.4, -0.2) is 37.1 Å². The minimum Gasteiger partial charge on any atom is -0.757 e. The summed E-state index contributed by atoms with van der Waals surface area (Å²) in [6.07, 6.45) is 0. The van der Waals surface area contributed by atoms with Gasteiger partial charge in [-0.25, -0.2) is 4.79 Å². The van der Waals surface area contributed by atoms with Crippen LogP contribution in [-0.2, 0) is 9.53 Å². The quantitative estimate of drug-likeness (QED) is 0.458. The molecule has 0 saturated carbocycles. The van der Waals surface area contributed by atoms with Crippen LogP contribution in [0.25, 0.3) is 0 Å². The molecule has 0 bridgehead atoms. The molecule has 0 spiro atoms. The molecule has 1 aliphatic heterocycles. The lowest BCUT2D eigenvalue weighted by molar-refractivity contribution is -0.133. The largest absolute Gasteiger partial charge is 0.757 e. The van der Waals surface area contributed by atoms with Gasteiger partial charge in [0.1, 0.15) is 0 Å². The number of hydrogen-bond acceptors (Lipinski definition) is 5. The van der Waals surface area contributed by atoms with Crippen LogP contribution in [0.4, 0.5) is 0 Å². The SMILES string of the molecule is COC(=O)C1=NCCN1[O-]. The van der Waals surface area contributed by atoms with Crippen molar-refractivity contribution in [2.24, 2.45) is 4.99 Å². The lowest BCUT2D eigenvalue weighted by Gasteiger charge is -2.23. The molecule has 0 atom stereocenters. The molecule has 1 rings (SSSR count). The van der Waals surface area contributed by atoms with E-state index in [2.05, 4.69) is 9.73 Å². The first-order valence-corrected chi connectivity index (χ1v) is 2.83. The average Bonchev–Trinajstić information content (AvgIpc) is 2.34. The van der Waals surface area contributed by atoms with Crippen molar-refractivity contribution in [2.45, 2.75) is 0 Å². The summed E-state index contributed by atoms with van der Waals surface area (Å²) in [5.74, 6) is -0.782. The number of hydrogen-bond donors (Lipinski definition) is 0. The van der Waals surface area contributed by atoms with Crippen LogP contribution in [0.3, 0.4) is 0 Å². The van der Waals surface area contributed by atoms with Gasteiger partial charge >= 0.3 is 5.97 Å². The molecular weight excluding hydrogens is 136 g/mol. The van der Waals surface area contributed by atoms with Gasteiger partial charge in [0, 0.05) is 6.54 Å². The lowest BCUT2D eigenvalue weighted by Crippen LogP contribution is -2.29. The monoisotopic (exact) mass is 143 g/mol. The van der Waals surface area contributed by atoms with Crippen molar-refractivity contribution in [3.63, 3.8) is 0 Å². The predicted octanol–water partition coefficient (Wildman–Crippen LogP) is -0.629. The van der Waals surface area contributed by atoms with Gasteiger partial charge in [0.2, 0.25) is 0 Å². The number of nitrogens with zero attached hydrogens (tertiary/aromatic N) is 2. The van der Waals surface area contributed by atoms with E-state index < -0.39 is 5.97 Å². The number of carbonyl (C=O) groups excluding carboxylic acids is 1. The van der Waals surface area contributed by atoms with Crippen LogP contribution in [0.1, 0.15) is 0 Å². The maximum Gasteiger partial charge on any atom is 0.372 e. The first-order valence-electron chi connectivity index (χ1n) is 2.83. The fourth-order valence-corrected chi connectivity index (χ4v) is 0.689. The van der Waals surface area contributed by atoms with Gasteiger partial charge in [0.25, 0.3) is 0 Å². The average molecular weight is 143 g/mol. The van der Waals surface area contributed by atoms with E-state index in [0.717, 1.165) is 0 Å². The number of ether oxygens (including phenoxy) is 1. The van der Waals surface area contributed by atoms with Crippen LogP contribution < -0.4 is 0 Å². The summed E-state index contributed by atoms with van der Waals surface area (Å²) >= 11 is 0. The summed E-state index contributed by atoms with van der Waals surface area (Å²) in [7, 11) is 1.22. The van der Waals surface area contributed by atoms with Gasteiger partial charge < -0.3 is 15.0 Å². The van der Waals surface area contributed by atoms with Gasteiger partial charge in [0.05, 0.1) is 13.7 Å². The Kier molecular flexibility index (Phi) is 1.86. The Morgan fingerprint density at radius 3 is 3.00 bits per heavy atom. The molecule has 10 heavy (non-hydrogen) atoms. The van der Waals surface area contributed by atoms with Crippen molar-refractivity contribution < 1.29 is 9.53 Å². The normalized spacial score (nSPS) is 17.0. The molecule has 0 aliphatic carbocycles. The van der Waals surface area contributed by atoms with E-state index in [1.165, 1.54) is 7.11 Å². The number of amidine groups is 1. The Morgan fingerprint density at radius 2 is 2.60 bits per heavy atom. The van der Waals surface area contributed by atoms with Gasteiger partial charge in [-0.05, 0) is 0 Å². The molecule has 0 amide bonds. The lowest BCUT2D eigenvalue weighted by atomic mass is 10.6. The summed E-state index contributed by atoms with van der Waals surface area (Å²) in [5, 5.41) is 11.2. The van der Waals surface area contributed by atoms with Crippen LogP contribution in [0.2, 0.25) is 0 Å². The summed E-state index contributed by atoms with van der Waals surface area (Å²) < 4.78 is 4.29. The highest BCUT2D eigenvalue weighted by Crippen LogP contribution is 1.99. The molecule has 0 aromatic rings. The molecule has 5 nitrogen and oxygen atoms in total. The van der Waals surface area contributed by atoms with E-state index >= 15 is 0 Å². The van der Waals surface area contributed by atoms with E-state index in [-0.39, 0.29) is 12.4 Å². The van der Waals surface area contributed by atoms with Crippen molar-refractivity contribution in [1.29, 1.82) is 0 Å². The van der Waals surface area contributed by atoms with Gasteiger partial charge in [-0.3, -0.25) is 4.99 Å². The highest BCUT2D eigenvalue weighted by Gasteiger charge is 2.16. The summed E-state index contributed by atoms with van der Waals surface area (Å²) in [4.78, 5) is 14.3. The molecule has 0 fully saturated rings. The summed E-state index contributed by atoms with van der Waals surface area (Å²) in [5.41, 5.74) is 0. The van der Waals surface area contributed by atoms with Crippen molar-refractivity contribution in [3.8, 4) is 0 Å². The van der Waals surface area contributed by atoms with Gasteiger partial charge in [-0.2, -0.15) is 0 Å². The van der Waals surface area contributed by atoms with Crippen LogP contribution in [0, 0.1) is 5.21 Å². The Morgan fingerprint density at radius 1 is 1.90 bits per heavy atom. The summed E-state index contributed by atoms with van der Waals surface area (Å²) in [6, 6.07) is 0. The smallest absolute Gasteiger partial charge is 0.372 e. The second-order valence-corrected chi connectivity index (χ2v) is 1.80. The second-order valence-electron chi connectivity index (χ2n) is 1.80. The third-order valence-electron chi connectivity index (χ3n) is 1.17. The Balaban J connectivity index is 2.63. The number of hydroxylamine groups is 2. The standard InChI is InChI=1S/C5H7N2O3/c1-10-5(8)4-6-2-3-7(4)9/h2-3H2,1H3/q-1. The first-order chi connectivity index (χ1) is 4.75. The van der Waals surface area contributed by atoms with Crippen molar-refractivity contribution in [1.82, 2.24) is 5.06 Å². The van der Waals surface area contributed by atoms with E-state index in [0.29, 0.717) is 11.6 Å². The molecule has 1 heterocycles. The Bertz CT molecular complexity index is 178. The minimum absolute atomic E-state index is 0.123. The van der Waals surface area contributed by atoms with Gasteiger partial charge in [-0.15, -0.1) is 0 Å². The maximum atomic E-state index is 10.7. The third-order valence-corrected chi connectivity index (χ3v) is 1.17. The second kappa shape index (κ2) is 2.66. The van der Waals surface area contributed by atoms with Gasteiger partial charge in [0.15, 0.2) is 5.84 Å². The molecule has 56 valence electrons. The third kappa shape index (κ3) is 1.08. The molecule has 0 aromatic carbocycles. The fourth-order valence-electron chi connectivity index (χ4n) is 0.689. The summed E-state index contributed by atoms with van der Waals surface area (Å²) in [6.45, 7) is 0.637. The number of esters is 1. The van der Waals surface area contributed by atoms with Gasteiger partial charge in [-0.1, -0.05) is 0 Å². The Hall–Kier alpha value is -1.10. The highest BCUT2D eigenvalue weighted by atomic mass is 16.5.